The van der Waals surface area contributed by atoms with Gasteiger partial charge < -0.3 is 29.0 Å². The lowest BCUT2D eigenvalue weighted by Gasteiger charge is -2.41. The second-order valence-corrected chi connectivity index (χ2v) is 20.8. The van der Waals surface area contributed by atoms with Crippen molar-refractivity contribution in [2.75, 3.05) is 26.6 Å². The number of amides is 1. The second-order valence-electron chi connectivity index (χ2n) is 11.2. The van der Waals surface area contributed by atoms with Crippen LogP contribution in [0.1, 0.15) is 11.1 Å². The molecule has 2 heterocycles. The average Bonchev–Trinajstić information content (AvgIpc) is 3.24. The molecule has 0 aliphatic carbocycles. The molecule has 0 saturated carbocycles. The van der Waals surface area contributed by atoms with Crippen LogP contribution in [0.4, 0.5) is 5.69 Å². The Hall–Kier alpha value is -3.25. The van der Waals surface area contributed by atoms with Crippen molar-refractivity contribution in [2.24, 2.45) is 0 Å². The van der Waals surface area contributed by atoms with Gasteiger partial charge in [-0.05, 0) is 25.0 Å². The molecule has 8 nitrogen and oxygen atoms in total. The first-order valence-corrected chi connectivity index (χ1v) is 19.1. The van der Waals surface area contributed by atoms with Crippen molar-refractivity contribution in [3.05, 3.63) is 41.3 Å². The minimum atomic E-state index is -1.64. The first-order chi connectivity index (χ1) is 17.8. The van der Waals surface area contributed by atoms with Gasteiger partial charge in [0.25, 0.3) is 11.9 Å². The first kappa shape index (κ1) is 27.8. The average molecular weight is 556 g/mol. The van der Waals surface area contributed by atoms with E-state index < -0.39 is 33.9 Å². The third-order valence-corrected chi connectivity index (χ3v) is 15.2. The van der Waals surface area contributed by atoms with E-state index in [0.29, 0.717) is 23.0 Å². The number of hydrogen-bond donors (Lipinski definition) is 1. The van der Waals surface area contributed by atoms with Gasteiger partial charge in [-0.3, -0.25) is 9.59 Å². The summed E-state index contributed by atoms with van der Waals surface area (Å²) in [6.45, 7) is 13.8. The summed E-state index contributed by atoms with van der Waals surface area (Å²) >= 11 is 0. The number of hydrogen-bond acceptors (Lipinski definition) is 7. The van der Waals surface area contributed by atoms with Crippen LogP contribution >= 0.6 is 0 Å². The summed E-state index contributed by atoms with van der Waals surface area (Å²) in [6.07, 6.45) is -0.149. The minimum absolute atomic E-state index is 0.0155. The number of rotatable bonds is 7. The number of methoxy groups -OCH3 is 3. The van der Waals surface area contributed by atoms with E-state index >= 15 is 0 Å². The normalized spacial score (nSPS) is 19.1. The van der Waals surface area contributed by atoms with Crippen LogP contribution in [0.15, 0.2) is 30.2 Å². The Morgan fingerprint density at radius 2 is 1.55 bits per heavy atom. The highest BCUT2D eigenvalue weighted by molar-refractivity contribution is 7.03. The van der Waals surface area contributed by atoms with Gasteiger partial charge in [-0.15, -0.1) is 0 Å². The fourth-order valence-electron chi connectivity index (χ4n) is 5.47. The van der Waals surface area contributed by atoms with E-state index in [4.69, 9.17) is 23.7 Å². The molecule has 0 saturated heterocycles. The molecule has 0 radical (unpaired) electrons. The molecule has 2 aromatic rings. The molecular weight excluding hydrogens is 518 g/mol. The van der Waals surface area contributed by atoms with E-state index in [1.165, 1.54) is 49.9 Å². The zero-order valence-corrected chi connectivity index (χ0v) is 25.7. The van der Waals surface area contributed by atoms with Crippen molar-refractivity contribution in [3.8, 4) is 23.0 Å². The molecule has 1 N–H and O–H groups in total. The van der Waals surface area contributed by atoms with Gasteiger partial charge >= 0.3 is 0 Å². The third kappa shape index (κ3) is 4.94. The van der Waals surface area contributed by atoms with Gasteiger partial charge in [-0.1, -0.05) is 54.7 Å². The molecule has 0 spiro atoms. The first-order valence-electron chi connectivity index (χ1n) is 12.7. The van der Waals surface area contributed by atoms with Crippen LogP contribution in [0, 0.1) is 13.8 Å². The molecule has 1 unspecified atom stereocenters. The van der Waals surface area contributed by atoms with E-state index in [1.54, 1.807) is 12.1 Å². The molecule has 1 amide bonds. The smallest absolute Gasteiger partial charge is 0.289 e. The topological polar surface area (TPSA) is 92.3 Å². The number of aryl methyl sites for hydroxylation is 1. The molecule has 0 bridgehead atoms. The summed E-state index contributed by atoms with van der Waals surface area (Å²) in [5.74, 6) is 0.699. The minimum Gasteiger partial charge on any atom is -0.496 e. The van der Waals surface area contributed by atoms with Crippen molar-refractivity contribution in [3.63, 3.8) is 0 Å². The summed E-state index contributed by atoms with van der Waals surface area (Å²) < 4.78 is 28.0. The molecule has 2 aliphatic heterocycles. The van der Waals surface area contributed by atoms with Crippen molar-refractivity contribution in [1.82, 2.24) is 0 Å². The summed E-state index contributed by atoms with van der Waals surface area (Å²) in [5.41, 5.74) is 2.40. The number of carbonyl (C=O) groups excluding carboxylic acids is 2. The summed E-state index contributed by atoms with van der Waals surface area (Å²) in [5, 5.41) is 5.70. The van der Waals surface area contributed by atoms with Gasteiger partial charge in [0, 0.05) is 12.1 Å². The van der Waals surface area contributed by atoms with Gasteiger partial charge in [0.1, 0.15) is 28.7 Å². The molecule has 1 atom stereocenters. The van der Waals surface area contributed by atoms with E-state index in [2.05, 4.69) is 44.5 Å². The maximum atomic E-state index is 13.1. The molecule has 204 valence electrons. The Balaban J connectivity index is 1.58. The molecule has 10 heteroatoms. The largest absolute Gasteiger partial charge is 0.496 e. The van der Waals surface area contributed by atoms with E-state index in [9.17, 15) is 9.59 Å². The lowest BCUT2D eigenvalue weighted by Crippen LogP contribution is -2.64. The SMILES string of the molecule is COc1cc(OC)c(NC(=O)C2OC(Oc3c(C)cc4c(c3C)[Si](C)(C)CC[Si]4(C)C)=CC2=O)c(OC)c1. The maximum absolute atomic E-state index is 13.1. The number of ketones is 1. The zero-order valence-electron chi connectivity index (χ0n) is 23.7. The number of carbonyl (C=O) groups is 2. The van der Waals surface area contributed by atoms with Crippen molar-refractivity contribution in [1.29, 1.82) is 0 Å². The Morgan fingerprint density at radius 1 is 0.947 bits per heavy atom. The van der Waals surface area contributed by atoms with Crippen LogP contribution in [-0.4, -0.2) is 55.3 Å². The fraction of sp³-hybridized carbons (Fsp3) is 0.429. The predicted octanol–water partition coefficient (Wildman–Crippen LogP) is 4.00. The van der Waals surface area contributed by atoms with Crippen LogP contribution < -0.4 is 34.6 Å². The van der Waals surface area contributed by atoms with Crippen LogP contribution in [0.2, 0.25) is 38.3 Å². The molecule has 2 aliphatic rings. The number of fused-ring (bicyclic) bond motifs is 1. The number of benzene rings is 2. The predicted molar refractivity (Wildman–Crippen MR) is 153 cm³/mol. The number of ether oxygens (including phenoxy) is 5. The van der Waals surface area contributed by atoms with Crippen LogP contribution in [0.25, 0.3) is 0 Å². The van der Waals surface area contributed by atoms with Gasteiger partial charge in [-0.25, -0.2) is 0 Å². The van der Waals surface area contributed by atoms with Crippen molar-refractivity contribution in [2.45, 2.75) is 58.2 Å². The Labute approximate surface area is 226 Å². The second kappa shape index (κ2) is 10.1. The molecule has 38 heavy (non-hydrogen) atoms. The summed E-state index contributed by atoms with van der Waals surface area (Å²) in [4.78, 5) is 25.9. The fourth-order valence-corrected chi connectivity index (χ4v) is 16.4. The third-order valence-electron chi connectivity index (χ3n) is 7.64. The Bertz CT molecular complexity index is 1310. The molecule has 0 fully saturated rings. The summed E-state index contributed by atoms with van der Waals surface area (Å²) in [7, 11) is 1.28. The van der Waals surface area contributed by atoms with Gasteiger partial charge in [0.05, 0.1) is 43.6 Å². The lowest BCUT2D eigenvalue weighted by molar-refractivity contribution is -0.134. The van der Waals surface area contributed by atoms with E-state index in [1.807, 2.05) is 6.92 Å². The highest BCUT2D eigenvalue weighted by Gasteiger charge is 2.42. The molecule has 0 aromatic heterocycles. The van der Waals surface area contributed by atoms with Crippen molar-refractivity contribution >= 4 is 43.9 Å². The monoisotopic (exact) mass is 555 g/mol. The Kier molecular flexibility index (Phi) is 7.41. The highest BCUT2D eigenvalue weighted by Crippen LogP contribution is 2.39. The van der Waals surface area contributed by atoms with Crippen LogP contribution in [0.5, 0.6) is 23.0 Å². The van der Waals surface area contributed by atoms with Gasteiger partial charge in [0.15, 0.2) is 0 Å². The van der Waals surface area contributed by atoms with E-state index in [0.717, 1.165) is 11.1 Å². The summed E-state index contributed by atoms with van der Waals surface area (Å²) in [6, 6.07) is 8.07. The van der Waals surface area contributed by atoms with Crippen LogP contribution in [0.3, 0.4) is 0 Å². The van der Waals surface area contributed by atoms with E-state index in [-0.39, 0.29) is 11.6 Å². The molecule has 4 rings (SSSR count). The van der Waals surface area contributed by atoms with Gasteiger partial charge in [0.2, 0.25) is 11.9 Å². The number of anilines is 1. The quantitative estimate of drug-likeness (QED) is 0.408. The van der Waals surface area contributed by atoms with Gasteiger partial charge in [-0.2, -0.15) is 0 Å². The standard InChI is InChI=1S/C28H37NO7Si2/c1-16-12-22-27(38(8,9)11-10-37(22,6)7)17(2)25(16)35-23-15-19(30)26(36-23)28(31)29-24-20(33-4)13-18(32-3)14-21(24)34-5/h12-15,26H,10-11H2,1-9H3,(H,29,31). The highest BCUT2D eigenvalue weighted by atomic mass is 28.3. The number of nitrogens with one attached hydrogen (secondary N) is 1. The van der Waals surface area contributed by atoms with Crippen molar-refractivity contribution < 1.29 is 33.3 Å². The lowest BCUT2D eigenvalue weighted by atomic mass is 10.1. The molecular formula is C28H37NO7Si2. The molecule has 2 aromatic carbocycles. The zero-order chi connectivity index (χ0) is 28.0. The maximum Gasteiger partial charge on any atom is 0.289 e. The Morgan fingerprint density at radius 3 is 2.13 bits per heavy atom. The van der Waals surface area contributed by atoms with Crippen LogP contribution in [-0.2, 0) is 14.3 Å².